The third-order valence-corrected chi connectivity index (χ3v) is 1.87. The Morgan fingerprint density at radius 3 is 2.07 bits per heavy atom. The third kappa shape index (κ3) is 5.56. The number of nitrogens with one attached hydrogen (secondary N) is 2. The number of nitrogens with two attached hydrogens (primary N) is 1. The average Bonchev–Trinajstić information content (AvgIpc) is 2.56. The number of aliphatic imine (C=N–C) groups is 1. The average molecular weight is 198 g/mol. The predicted molar refractivity (Wildman–Crippen MR) is 61.9 cm³/mol. The van der Waals surface area contributed by atoms with Gasteiger partial charge in [-0.25, -0.2) is 0 Å². The van der Waals surface area contributed by atoms with Gasteiger partial charge in [0.05, 0.1) is 18.2 Å². The fraction of sp³-hybridized carbons (Fsp3) is 0.800. The monoisotopic (exact) mass is 198 g/mol. The van der Waals surface area contributed by atoms with E-state index in [1.165, 1.54) is 5.84 Å². The van der Waals surface area contributed by atoms with Crippen molar-refractivity contribution in [3.63, 3.8) is 0 Å². The molecule has 0 aromatic carbocycles. The molecule has 0 aliphatic carbocycles. The van der Waals surface area contributed by atoms with E-state index in [9.17, 15) is 0 Å². The molecule has 0 bridgehead atoms. The van der Waals surface area contributed by atoms with E-state index < -0.39 is 0 Å². The van der Waals surface area contributed by atoms with Gasteiger partial charge in [-0.1, -0.05) is 27.7 Å². The van der Waals surface area contributed by atoms with Crippen molar-refractivity contribution in [2.45, 2.75) is 27.7 Å². The van der Waals surface area contributed by atoms with Gasteiger partial charge in [0.15, 0.2) is 0 Å². The first-order valence-corrected chi connectivity index (χ1v) is 5.07. The standard InChI is InChI=1S/C6H12N2.C4H10N2/c1-5(2)6-7-3-4-8-6;1-3(2)4(5)6/h5H,3-4H2,1-2H3,(H,7,8);3H,1-2H3,(H3,5,6). The Balaban J connectivity index is 0.000000255. The van der Waals surface area contributed by atoms with Gasteiger partial charge in [0.1, 0.15) is 0 Å². The maximum Gasteiger partial charge on any atom is 0.0990 e. The summed E-state index contributed by atoms with van der Waals surface area (Å²) in [5.74, 6) is 2.22. The van der Waals surface area contributed by atoms with Crippen molar-refractivity contribution in [2.24, 2.45) is 22.6 Å². The molecule has 0 radical (unpaired) electrons. The highest BCUT2D eigenvalue weighted by Gasteiger charge is 2.07. The highest BCUT2D eigenvalue weighted by atomic mass is 15.1. The first-order valence-electron chi connectivity index (χ1n) is 5.07. The molecule has 0 atom stereocenters. The van der Waals surface area contributed by atoms with Gasteiger partial charge < -0.3 is 11.1 Å². The largest absolute Gasteiger partial charge is 0.387 e. The van der Waals surface area contributed by atoms with E-state index in [2.05, 4.69) is 24.2 Å². The van der Waals surface area contributed by atoms with Gasteiger partial charge >= 0.3 is 0 Å². The summed E-state index contributed by atoms with van der Waals surface area (Å²) in [5.41, 5.74) is 5.02. The van der Waals surface area contributed by atoms with E-state index in [-0.39, 0.29) is 11.8 Å². The number of rotatable bonds is 2. The summed E-state index contributed by atoms with van der Waals surface area (Å²) in [5, 5.41) is 9.93. The minimum absolute atomic E-state index is 0.213. The molecule has 0 saturated heterocycles. The Labute approximate surface area is 86.5 Å². The summed E-state index contributed by atoms with van der Waals surface area (Å²) >= 11 is 0. The van der Waals surface area contributed by atoms with Crippen molar-refractivity contribution >= 4 is 11.7 Å². The highest BCUT2D eigenvalue weighted by molar-refractivity contribution is 5.85. The van der Waals surface area contributed by atoms with Gasteiger partial charge in [0, 0.05) is 18.4 Å². The maximum atomic E-state index is 6.73. The second-order valence-electron chi connectivity index (χ2n) is 3.96. The smallest absolute Gasteiger partial charge is 0.0990 e. The molecule has 0 fully saturated rings. The van der Waals surface area contributed by atoms with E-state index >= 15 is 0 Å². The van der Waals surface area contributed by atoms with E-state index in [4.69, 9.17) is 11.1 Å². The van der Waals surface area contributed by atoms with Crippen LogP contribution in [-0.4, -0.2) is 24.8 Å². The molecule has 0 aromatic heterocycles. The molecule has 4 heteroatoms. The van der Waals surface area contributed by atoms with Crippen LogP contribution >= 0.6 is 0 Å². The summed E-state index contributed by atoms with van der Waals surface area (Å²) < 4.78 is 0. The van der Waals surface area contributed by atoms with Crippen LogP contribution in [0.25, 0.3) is 0 Å². The van der Waals surface area contributed by atoms with Crippen molar-refractivity contribution < 1.29 is 0 Å². The SMILES string of the molecule is CC(C)C(=N)N.CC(C)C1=NCCN1. The summed E-state index contributed by atoms with van der Waals surface area (Å²) in [6.45, 7) is 10.1. The van der Waals surface area contributed by atoms with Gasteiger partial charge in [0.25, 0.3) is 0 Å². The number of nitrogens with zero attached hydrogens (tertiary/aromatic N) is 1. The Morgan fingerprint density at radius 2 is 1.93 bits per heavy atom. The summed E-state index contributed by atoms with van der Waals surface area (Å²) in [6, 6.07) is 0. The predicted octanol–water partition coefficient (Wildman–Crippen LogP) is 1.22. The zero-order chi connectivity index (χ0) is 11.1. The molecule has 82 valence electrons. The molecule has 0 unspecified atom stereocenters. The van der Waals surface area contributed by atoms with E-state index in [1.807, 2.05) is 13.8 Å². The van der Waals surface area contributed by atoms with Gasteiger partial charge in [-0.3, -0.25) is 10.4 Å². The molecular weight excluding hydrogens is 176 g/mol. The second-order valence-corrected chi connectivity index (χ2v) is 3.96. The number of amidine groups is 2. The summed E-state index contributed by atoms with van der Waals surface area (Å²) in [6.07, 6.45) is 0. The van der Waals surface area contributed by atoms with Crippen LogP contribution in [0.3, 0.4) is 0 Å². The zero-order valence-corrected chi connectivity index (χ0v) is 9.59. The Bertz CT molecular complexity index is 206. The van der Waals surface area contributed by atoms with Crippen molar-refractivity contribution in [3.05, 3.63) is 0 Å². The minimum atomic E-state index is 0.213. The lowest BCUT2D eigenvalue weighted by molar-refractivity contribution is 0.838. The summed E-state index contributed by atoms with van der Waals surface area (Å²) in [4.78, 5) is 4.24. The molecular formula is C10H22N4. The first kappa shape index (κ1) is 12.9. The molecule has 4 N–H and O–H groups in total. The van der Waals surface area contributed by atoms with Crippen LogP contribution in [0.2, 0.25) is 0 Å². The Morgan fingerprint density at radius 1 is 1.43 bits per heavy atom. The second kappa shape index (κ2) is 6.40. The molecule has 4 nitrogen and oxygen atoms in total. The van der Waals surface area contributed by atoms with Gasteiger partial charge in [-0.15, -0.1) is 0 Å². The van der Waals surface area contributed by atoms with Crippen LogP contribution in [0, 0.1) is 17.2 Å². The van der Waals surface area contributed by atoms with Crippen LogP contribution in [0.5, 0.6) is 0 Å². The molecule has 0 aromatic rings. The van der Waals surface area contributed by atoms with Crippen LogP contribution in [0.4, 0.5) is 0 Å². The quantitative estimate of drug-likeness (QED) is 0.461. The molecule has 14 heavy (non-hydrogen) atoms. The normalized spacial score (nSPS) is 14.6. The lowest BCUT2D eigenvalue weighted by Gasteiger charge is -2.02. The van der Waals surface area contributed by atoms with Gasteiger partial charge in [-0.05, 0) is 0 Å². The van der Waals surface area contributed by atoms with Crippen molar-refractivity contribution in [1.82, 2.24) is 5.32 Å². The first-order chi connectivity index (χ1) is 6.45. The Kier molecular flexibility index (Phi) is 5.92. The summed E-state index contributed by atoms with van der Waals surface area (Å²) in [7, 11) is 0. The topological polar surface area (TPSA) is 74.3 Å². The molecule has 0 amide bonds. The van der Waals surface area contributed by atoms with Crippen molar-refractivity contribution in [1.29, 1.82) is 5.41 Å². The molecule has 0 saturated carbocycles. The highest BCUT2D eigenvalue weighted by Crippen LogP contribution is 1.97. The third-order valence-electron chi connectivity index (χ3n) is 1.87. The van der Waals surface area contributed by atoms with Gasteiger partial charge in [-0.2, -0.15) is 0 Å². The maximum absolute atomic E-state index is 6.73. The zero-order valence-electron chi connectivity index (χ0n) is 9.59. The minimum Gasteiger partial charge on any atom is -0.387 e. The van der Waals surface area contributed by atoms with Crippen molar-refractivity contribution in [2.75, 3.05) is 13.1 Å². The van der Waals surface area contributed by atoms with E-state index in [1.54, 1.807) is 0 Å². The van der Waals surface area contributed by atoms with Crippen LogP contribution in [0.15, 0.2) is 4.99 Å². The van der Waals surface area contributed by atoms with Gasteiger partial charge in [0.2, 0.25) is 0 Å². The molecule has 1 aliphatic rings. The van der Waals surface area contributed by atoms with E-state index in [0.717, 1.165) is 13.1 Å². The lowest BCUT2D eigenvalue weighted by Crippen LogP contribution is -2.23. The van der Waals surface area contributed by atoms with E-state index in [0.29, 0.717) is 5.92 Å². The van der Waals surface area contributed by atoms with Crippen molar-refractivity contribution in [3.8, 4) is 0 Å². The van der Waals surface area contributed by atoms with Crippen LogP contribution < -0.4 is 11.1 Å². The molecule has 1 heterocycles. The molecule has 0 spiro atoms. The van der Waals surface area contributed by atoms with Crippen LogP contribution in [-0.2, 0) is 0 Å². The number of hydrogen-bond acceptors (Lipinski definition) is 3. The molecule has 1 rings (SSSR count). The lowest BCUT2D eigenvalue weighted by atomic mass is 10.2. The molecule has 1 aliphatic heterocycles. The fourth-order valence-electron chi connectivity index (χ4n) is 0.803. The fourth-order valence-corrected chi connectivity index (χ4v) is 0.803. The Hall–Kier alpha value is -1.06. The van der Waals surface area contributed by atoms with Crippen LogP contribution in [0.1, 0.15) is 27.7 Å². The number of hydrogen-bond donors (Lipinski definition) is 3.